The maximum atomic E-state index is 13.8. The third-order valence-electron chi connectivity index (χ3n) is 10.2. The maximum Gasteiger partial charge on any atom is 0.177 e. The van der Waals surface area contributed by atoms with E-state index in [1.807, 2.05) is 91.0 Å². The van der Waals surface area contributed by atoms with Crippen molar-refractivity contribution in [3.63, 3.8) is 0 Å². The van der Waals surface area contributed by atoms with Gasteiger partial charge < -0.3 is 18.9 Å². The molecule has 0 N–H and O–H groups in total. The average Bonchev–Trinajstić information content (AvgIpc) is 3.17. The molecular formula is C45H66O6S. The highest BCUT2D eigenvalue weighted by Gasteiger charge is 2.45. The lowest BCUT2D eigenvalue weighted by Gasteiger charge is -2.41. The van der Waals surface area contributed by atoms with Crippen molar-refractivity contribution in [2.45, 2.75) is 160 Å². The van der Waals surface area contributed by atoms with Gasteiger partial charge in [0, 0.05) is 6.42 Å². The standard InChI is InChI=1S/C45H66O6S/c1-2-3-4-5-6-7-8-9-10-11-12-13-14-15-16-26-33-52(46,47)44-34-42(49-36-40-29-22-18-23-30-40)45(50-37-41-31-24-19-25-32-41)43(51-44)38-48-35-39-27-20-17-21-28-39/h17-25,27-32,42-45H,2-16,26,33-38H2,1H3/t42-,43-,44?,45+/m1/s1. The molecule has 6 nitrogen and oxygen atoms in total. The molecule has 0 spiro atoms. The third-order valence-corrected chi connectivity index (χ3v) is 12.1. The minimum Gasteiger partial charge on any atom is -0.374 e. The Morgan fingerprint density at radius 2 is 0.981 bits per heavy atom. The van der Waals surface area contributed by atoms with Crippen molar-refractivity contribution in [1.82, 2.24) is 0 Å². The second-order valence-corrected chi connectivity index (χ2v) is 16.9. The van der Waals surface area contributed by atoms with Gasteiger partial charge >= 0.3 is 0 Å². The first-order chi connectivity index (χ1) is 25.5. The van der Waals surface area contributed by atoms with Gasteiger partial charge in [0.25, 0.3) is 0 Å². The van der Waals surface area contributed by atoms with Gasteiger partial charge in [0.15, 0.2) is 15.3 Å². The molecule has 3 aromatic carbocycles. The van der Waals surface area contributed by atoms with Crippen molar-refractivity contribution in [1.29, 1.82) is 0 Å². The Hall–Kier alpha value is -2.55. The molecule has 4 atom stereocenters. The van der Waals surface area contributed by atoms with Crippen LogP contribution >= 0.6 is 0 Å². The Kier molecular flexibility index (Phi) is 20.7. The Balaban J connectivity index is 1.26. The summed E-state index contributed by atoms with van der Waals surface area (Å²) >= 11 is 0. The zero-order valence-electron chi connectivity index (χ0n) is 31.9. The first-order valence-corrected chi connectivity index (χ1v) is 22.1. The van der Waals surface area contributed by atoms with Crippen LogP contribution < -0.4 is 0 Å². The van der Waals surface area contributed by atoms with Crippen LogP contribution in [0.5, 0.6) is 0 Å². The number of ether oxygens (including phenoxy) is 4. The van der Waals surface area contributed by atoms with Crippen molar-refractivity contribution < 1.29 is 27.4 Å². The van der Waals surface area contributed by atoms with E-state index in [4.69, 9.17) is 18.9 Å². The van der Waals surface area contributed by atoms with Crippen LogP contribution in [0.15, 0.2) is 91.0 Å². The minimum atomic E-state index is -3.53. The smallest absolute Gasteiger partial charge is 0.177 e. The number of sulfone groups is 1. The number of benzene rings is 3. The first kappa shape index (κ1) is 42.2. The summed E-state index contributed by atoms with van der Waals surface area (Å²) in [5.74, 6) is 0.120. The normalized spacial score (nSPS) is 19.2. The van der Waals surface area contributed by atoms with Crippen molar-refractivity contribution >= 4 is 9.84 Å². The summed E-state index contributed by atoms with van der Waals surface area (Å²) in [6.07, 6.45) is 18.7. The van der Waals surface area contributed by atoms with E-state index in [2.05, 4.69) is 6.92 Å². The monoisotopic (exact) mass is 734 g/mol. The Labute approximate surface area is 315 Å². The molecule has 0 aromatic heterocycles. The number of rotatable bonds is 28. The fourth-order valence-corrected chi connectivity index (χ4v) is 8.69. The lowest BCUT2D eigenvalue weighted by molar-refractivity contribution is -0.205. The van der Waals surface area contributed by atoms with Gasteiger partial charge in [0.2, 0.25) is 0 Å². The SMILES string of the molecule is CCCCCCCCCCCCCCCCCCS(=O)(=O)C1C[C@@H](OCc2ccccc2)[C@H](OCc2ccccc2)[C@@H](COCc2ccccc2)O1. The van der Waals surface area contributed by atoms with Gasteiger partial charge in [-0.05, 0) is 23.1 Å². The van der Waals surface area contributed by atoms with Crippen LogP contribution in [0.1, 0.15) is 133 Å². The van der Waals surface area contributed by atoms with Gasteiger partial charge in [-0.2, -0.15) is 0 Å². The molecule has 52 heavy (non-hydrogen) atoms. The van der Waals surface area contributed by atoms with Gasteiger partial charge in [-0.1, -0.05) is 194 Å². The molecule has 4 rings (SSSR count). The molecule has 0 bridgehead atoms. The van der Waals surface area contributed by atoms with E-state index in [1.165, 1.54) is 83.5 Å². The number of hydrogen-bond donors (Lipinski definition) is 0. The summed E-state index contributed by atoms with van der Waals surface area (Å²) in [5.41, 5.74) is 2.14. The summed E-state index contributed by atoms with van der Waals surface area (Å²) in [6, 6.07) is 30.0. The summed E-state index contributed by atoms with van der Waals surface area (Å²) in [6.45, 7) is 3.60. The average molecular weight is 735 g/mol. The van der Waals surface area contributed by atoms with Gasteiger partial charge in [-0.25, -0.2) is 8.42 Å². The second kappa shape index (κ2) is 25.5. The van der Waals surface area contributed by atoms with E-state index >= 15 is 0 Å². The zero-order chi connectivity index (χ0) is 36.5. The number of hydrogen-bond acceptors (Lipinski definition) is 6. The van der Waals surface area contributed by atoms with Crippen LogP contribution in [0, 0.1) is 0 Å². The first-order valence-electron chi connectivity index (χ1n) is 20.3. The minimum absolute atomic E-state index is 0.120. The van der Waals surface area contributed by atoms with Crippen LogP contribution in [0.3, 0.4) is 0 Å². The highest BCUT2D eigenvalue weighted by atomic mass is 32.2. The number of unbranched alkanes of at least 4 members (excludes halogenated alkanes) is 15. The summed E-state index contributed by atoms with van der Waals surface area (Å²) in [4.78, 5) is 0. The molecule has 3 aromatic rings. The Morgan fingerprint density at radius 3 is 1.46 bits per heavy atom. The second-order valence-electron chi connectivity index (χ2n) is 14.6. The van der Waals surface area contributed by atoms with E-state index in [-0.39, 0.29) is 18.8 Å². The predicted molar refractivity (Wildman–Crippen MR) is 213 cm³/mol. The Bertz CT molecular complexity index is 1400. The summed E-state index contributed by atoms with van der Waals surface area (Å²) in [7, 11) is -3.53. The molecule has 1 unspecified atom stereocenters. The lowest BCUT2D eigenvalue weighted by atomic mass is 10.0. The van der Waals surface area contributed by atoms with Crippen LogP contribution in [0.4, 0.5) is 0 Å². The van der Waals surface area contributed by atoms with Gasteiger partial charge in [-0.3, -0.25) is 0 Å². The van der Waals surface area contributed by atoms with E-state index in [9.17, 15) is 8.42 Å². The molecule has 1 aliphatic rings. The predicted octanol–water partition coefficient (Wildman–Crippen LogP) is 11.2. The molecule has 1 saturated heterocycles. The quantitative estimate of drug-likeness (QED) is 0.0692. The zero-order valence-corrected chi connectivity index (χ0v) is 32.7. The van der Waals surface area contributed by atoms with Crippen molar-refractivity contribution in [2.24, 2.45) is 0 Å². The van der Waals surface area contributed by atoms with Crippen LogP contribution in [0.25, 0.3) is 0 Å². The molecule has 288 valence electrons. The van der Waals surface area contributed by atoms with Gasteiger partial charge in [0.1, 0.15) is 12.2 Å². The lowest BCUT2D eigenvalue weighted by Crippen LogP contribution is -2.54. The van der Waals surface area contributed by atoms with Crippen molar-refractivity contribution in [3.8, 4) is 0 Å². The van der Waals surface area contributed by atoms with E-state index in [0.29, 0.717) is 26.2 Å². The van der Waals surface area contributed by atoms with Gasteiger partial charge in [0.05, 0.1) is 38.3 Å². The fraction of sp³-hybridized carbons (Fsp3) is 0.600. The maximum absolute atomic E-state index is 13.8. The van der Waals surface area contributed by atoms with Crippen LogP contribution in [-0.2, 0) is 48.6 Å². The van der Waals surface area contributed by atoms with E-state index in [1.54, 1.807) is 0 Å². The highest BCUT2D eigenvalue weighted by molar-refractivity contribution is 7.91. The summed E-state index contributed by atoms with van der Waals surface area (Å²) in [5, 5.41) is 0. The molecule has 7 heteroatoms. The topological polar surface area (TPSA) is 71.1 Å². The molecule has 0 radical (unpaired) electrons. The molecule has 0 amide bonds. The molecule has 1 heterocycles. The highest BCUT2D eigenvalue weighted by Crippen LogP contribution is 2.31. The molecule has 1 aliphatic heterocycles. The molecule has 1 fully saturated rings. The molecule has 0 saturated carbocycles. The Morgan fingerprint density at radius 1 is 0.558 bits per heavy atom. The van der Waals surface area contributed by atoms with E-state index in [0.717, 1.165) is 29.5 Å². The third kappa shape index (κ3) is 16.6. The van der Waals surface area contributed by atoms with Gasteiger partial charge in [-0.15, -0.1) is 0 Å². The molecule has 0 aliphatic carbocycles. The van der Waals surface area contributed by atoms with Crippen molar-refractivity contribution in [2.75, 3.05) is 12.4 Å². The summed E-state index contributed by atoms with van der Waals surface area (Å²) < 4.78 is 53.2. The van der Waals surface area contributed by atoms with E-state index < -0.39 is 33.6 Å². The largest absolute Gasteiger partial charge is 0.374 e. The van der Waals surface area contributed by atoms with Crippen LogP contribution in [-0.4, -0.2) is 44.5 Å². The fourth-order valence-electron chi connectivity index (χ4n) is 7.03. The van der Waals surface area contributed by atoms with Crippen molar-refractivity contribution in [3.05, 3.63) is 108 Å². The van der Waals surface area contributed by atoms with Crippen LogP contribution in [0.2, 0.25) is 0 Å². The molecular weight excluding hydrogens is 669 g/mol.